The van der Waals surface area contributed by atoms with Crippen LogP contribution in [0, 0.1) is 0 Å². The number of thiophene rings is 1. The van der Waals surface area contributed by atoms with Crippen molar-refractivity contribution < 1.29 is 0 Å². The van der Waals surface area contributed by atoms with Crippen LogP contribution in [0.5, 0.6) is 0 Å². The third-order valence-electron chi connectivity index (χ3n) is 3.26. The van der Waals surface area contributed by atoms with Crippen molar-refractivity contribution in [1.82, 2.24) is 14.7 Å². The van der Waals surface area contributed by atoms with Crippen LogP contribution in [0.1, 0.15) is 30.5 Å². The van der Waals surface area contributed by atoms with Gasteiger partial charge in [0.15, 0.2) is 0 Å². The number of likely N-dealkylation sites (N-methyl/N-ethyl adjacent to an activating group) is 1. The molecule has 1 atom stereocenters. The van der Waals surface area contributed by atoms with Crippen LogP contribution in [0.2, 0.25) is 0 Å². The highest BCUT2D eigenvalue weighted by Crippen LogP contribution is 2.20. The number of aryl methyl sites for hydroxylation is 1. The van der Waals surface area contributed by atoms with Crippen LogP contribution in [0.4, 0.5) is 0 Å². The minimum absolute atomic E-state index is 0.227. The third-order valence-corrected chi connectivity index (χ3v) is 3.99. The lowest BCUT2D eigenvalue weighted by atomic mass is 10.1. The Hall–Kier alpha value is -1.17. The predicted octanol–water partition coefficient (Wildman–Crippen LogP) is 2.49. The molecule has 2 N–H and O–H groups in total. The van der Waals surface area contributed by atoms with Gasteiger partial charge in [0.2, 0.25) is 0 Å². The van der Waals surface area contributed by atoms with Crippen LogP contribution in [0.15, 0.2) is 29.2 Å². The van der Waals surface area contributed by atoms with Gasteiger partial charge in [0.25, 0.3) is 0 Å². The lowest BCUT2D eigenvalue weighted by molar-refractivity contribution is 0.242. The Labute approximate surface area is 118 Å². The second-order valence-corrected chi connectivity index (χ2v) is 5.61. The van der Waals surface area contributed by atoms with Gasteiger partial charge in [0, 0.05) is 31.4 Å². The molecule has 1 unspecified atom stereocenters. The van der Waals surface area contributed by atoms with Crippen LogP contribution in [0.3, 0.4) is 0 Å². The predicted molar refractivity (Wildman–Crippen MR) is 80.1 cm³/mol. The Bertz CT molecular complexity index is 477. The minimum atomic E-state index is 0.227. The summed E-state index contributed by atoms with van der Waals surface area (Å²) < 4.78 is 2.00. The second kappa shape index (κ2) is 6.84. The Morgan fingerprint density at radius 3 is 3.00 bits per heavy atom. The first-order chi connectivity index (χ1) is 9.24. The maximum absolute atomic E-state index is 5.94. The van der Waals surface area contributed by atoms with Crippen LogP contribution >= 0.6 is 11.3 Å². The molecule has 0 aromatic carbocycles. The summed E-state index contributed by atoms with van der Waals surface area (Å²) in [6.45, 7) is 4.65. The molecular weight excluding hydrogens is 256 g/mol. The zero-order valence-corrected chi connectivity index (χ0v) is 12.4. The van der Waals surface area contributed by atoms with Gasteiger partial charge in [-0.2, -0.15) is 16.4 Å². The summed E-state index contributed by atoms with van der Waals surface area (Å²) >= 11 is 1.73. The Morgan fingerprint density at radius 1 is 1.53 bits per heavy atom. The normalized spacial score (nSPS) is 13.1. The molecule has 4 nitrogen and oxygen atoms in total. The highest BCUT2D eigenvalue weighted by atomic mass is 32.1. The fraction of sp³-hybridized carbons (Fsp3) is 0.500. The van der Waals surface area contributed by atoms with E-state index in [2.05, 4.69) is 47.0 Å². The lowest BCUT2D eigenvalue weighted by Gasteiger charge is -2.25. The van der Waals surface area contributed by atoms with Crippen LogP contribution in [-0.2, 0) is 13.1 Å². The van der Waals surface area contributed by atoms with Crippen molar-refractivity contribution in [3.63, 3.8) is 0 Å². The molecule has 0 fully saturated rings. The Kier molecular flexibility index (Phi) is 5.13. The van der Waals surface area contributed by atoms with E-state index < -0.39 is 0 Å². The molecule has 0 saturated heterocycles. The number of nitrogens with two attached hydrogens (primary N) is 1. The van der Waals surface area contributed by atoms with Crippen molar-refractivity contribution in [2.45, 2.75) is 32.5 Å². The van der Waals surface area contributed by atoms with Gasteiger partial charge in [0.05, 0.1) is 12.2 Å². The highest BCUT2D eigenvalue weighted by molar-refractivity contribution is 7.07. The minimum Gasteiger partial charge on any atom is -0.329 e. The summed E-state index contributed by atoms with van der Waals surface area (Å²) in [5.74, 6) is 0. The number of nitrogens with zero attached hydrogens (tertiary/aromatic N) is 3. The van der Waals surface area contributed by atoms with Crippen molar-refractivity contribution in [2.75, 3.05) is 13.6 Å². The van der Waals surface area contributed by atoms with Gasteiger partial charge in [-0.3, -0.25) is 9.58 Å². The van der Waals surface area contributed by atoms with E-state index >= 15 is 0 Å². The number of aromatic nitrogens is 2. The maximum atomic E-state index is 5.94. The molecule has 0 spiro atoms. The fourth-order valence-corrected chi connectivity index (χ4v) is 2.91. The zero-order valence-electron chi connectivity index (χ0n) is 11.6. The van der Waals surface area contributed by atoms with E-state index in [4.69, 9.17) is 5.73 Å². The smallest absolute Gasteiger partial charge is 0.0538 e. The summed E-state index contributed by atoms with van der Waals surface area (Å²) in [4.78, 5) is 2.29. The molecule has 5 heteroatoms. The van der Waals surface area contributed by atoms with Gasteiger partial charge >= 0.3 is 0 Å². The molecule has 104 valence electrons. The average molecular weight is 278 g/mol. The summed E-state index contributed by atoms with van der Waals surface area (Å²) in [6, 6.07) is 2.39. The molecule has 0 bridgehead atoms. The molecule has 0 radical (unpaired) electrons. The number of hydrogen-bond acceptors (Lipinski definition) is 4. The number of hydrogen-bond donors (Lipinski definition) is 1. The molecule has 0 aliphatic heterocycles. The largest absolute Gasteiger partial charge is 0.329 e. The van der Waals surface area contributed by atoms with E-state index in [0.717, 1.165) is 19.5 Å². The van der Waals surface area contributed by atoms with Gasteiger partial charge in [-0.15, -0.1) is 0 Å². The van der Waals surface area contributed by atoms with Gasteiger partial charge in [0.1, 0.15) is 0 Å². The second-order valence-electron chi connectivity index (χ2n) is 4.83. The first kappa shape index (κ1) is 14.2. The summed E-state index contributed by atoms with van der Waals surface area (Å²) in [5, 5.41) is 8.69. The molecule has 0 aliphatic carbocycles. The topological polar surface area (TPSA) is 47.1 Å². The monoisotopic (exact) mass is 278 g/mol. The number of rotatable bonds is 7. The van der Waals surface area contributed by atoms with Gasteiger partial charge in [-0.05, 0) is 35.9 Å². The first-order valence-corrected chi connectivity index (χ1v) is 7.62. The van der Waals surface area contributed by atoms with Gasteiger partial charge in [-0.1, -0.05) is 6.92 Å². The standard InChI is InChI=1S/C14H22N4S/c1-3-5-18-10-13(8-16-18)14(7-15)17(2)9-12-4-6-19-11-12/h4,6,8,10-11,14H,3,5,7,9,15H2,1-2H3. The molecule has 0 saturated carbocycles. The molecule has 19 heavy (non-hydrogen) atoms. The molecule has 0 aliphatic rings. The lowest BCUT2D eigenvalue weighted by Crippen LogP contribution is -2.29. The Balaban J connectivity index is 2.05. The average Bonchev–Trinajstić information content (AvgIpc) is 3.03. The fourth-order valence-electron chi connectivity index (χ4n) is 2.25. The first-order valence-electron chi connectivity index (χ1n) is 6.68. The summed E-state index contributed by atoms with van der Waals surface area (Å²) in [6.07, 6.45) is 5.15. The molecular formula is C14H22N4S. The molecule has 2 rings (SSSR count). The van der Waals surface area contributed by atoms with Crippen molar-refractivity contribution in [2.24, 2.45) is 5.73 Å². The zero-order chi connectivity index (χ0) is 13.7. The van der Waals surface area contributed by atoms with Crippen molar-refractivity contribution in [3.8, 4) is 0 Å². The van der Waals surface area contributed by atoms with Crippen molar-refractivity contribution in [3.05, 3.63) is 40.3 Å². The van der Waals surface area contributed by atoms with Crippen LogP contribution in [-0.4, -0.2) is 28.3 Å². The molecule has 2 heterocycles. The highest BCUT2D eigenvalue weighted by Gasteiger charge is 2.17. The molecule has 2 aromatic heterocycles. The van der Waals surface area contributed by atoms with E-state index in [9.17, 15) is 0 Å². The van der Waals surface area contributed by atoms with E-state index in [-0.39, 0.29) is 6.04 Å². The molecule has 2 aromatic rings. The summed E-state index contributed by atoms with van der Waals surface area (Å²) in [7, 11) is 2.12. The van der Waals surface area contributed by atoms with Crippen LogP contribution in [0.25, 0.3) is 0 Å². The van der Waals surface area contributed by atoms with Crippen molar-refractivity contribution in [1.29, 1.82) is 0 Å². The summed E-state index contributed by atoms with van der Waals surface area (Å²) in [5.41, 5.74) is 8.48. The SMILES string of the molecule is CCCn1cc(C(CN)N(C)Cc2ccsc2)cn1. The van der Waals surface area contributed by atoms with E-state index in [1.807, 2.05) is 10.9 Å². The van der Waals surface area contributed by atoms with E-state index in [1.165, 1.54) is 11.1 Å². The van der Waals surface area contributed by atoms with Gasteiger partial charge in [-0.25, -0.2) is 0 Å². The van der Waals surface area contributed by atoms with Crippen LogP contribution < -0.4 is 5.73 Å². The van der Waals surface area contributed by atoms with E-state index in [0.29, 0.717) is 6.54 Å². The van der Waals surface area contributed by atoms with E-state index in [1.54, 1.807) is 11.3 Å². The Morgan fingerprint density at radius 2 is 2.37 bits per heavy atom. The molecule has 0 amide bonds. The van der Waals surface area contributed by atoms with Gasteiger partial charge < -0.3 is 5.73 Å². The quantitative estimate of drug-likeness (QED) is 0.846. The third kappa shape index (κ3) is 3.65. The maximum Gasteiger partial charge on any atom is 0.0538 e. The van der Waals surface area contributed by atoms with Crippen molar-refractivity contribution >= 4 is 11.3 Å².